The summed E-state index contributed by atoms with van der Waals surface area (Å²) in [6.45, 7) is 2.41. The minimum atomic E-state index is -1.11. The molecule has 4 rings (SSSR count). The van der Waals surface area contributed by atoms with Crippen LogP contribution in [0.3, 0.4) is 0 Å². The maximum absolute atomic E-state index is 12.8. The monoisotopic (exact) mass is 532 g/mol. The molecule has 8 nitrogen and oxygen atoms in total. The summed E-state index contributed by atoms with van der Waals surface area (Å²) in [6, 6.07) is 23.3. The number of carboxylic acids is 1. The van der Waals surface area contributed by atoms with E-state index in [9.17, 15) is 19.5 Å². The topological polar surface area (TPSA) is 111 Å². The van der Waals surface area contributed by atoms with Crippen molar-refractivity contribution in [3.63, 3.8) is 0 Å². The van der Waals surface area contributed by atoms with Gasteiger partial charge in [-0.2, -0.15) is 0 Å². The average Bonchev–Trinajstić information content (AvgIpc) is 2.90. The number of carbonyl (C=O) groups excluding carboxylic acids is 2. The van der Waals surface area contributed by atoms with E-state index >= 15 is 0 Å². The molecule has 1 unspecified atom stereocenters. The Morgan fingerprint density at radius 3 is 2.39 bits per heavy atom. The van der Waals surface area contributed by atoms with Gasteiger partial charge in [-0.3, -0.25) is 4.79 Å². The van der Waals surface area contributed by atoms with Gasteiger partial charge in [0.15, 0.2) is 0 Å². The number of allylic oxidation sites excluding steroid dienone is 1. The third kappa shape index (κ3) is 6.59. The third-order valence-corrected chi connectivity index (χ3v) is 6.49. The van der Waals surface area contributed by atoms with Crippen LogP contribution in [-0.4, -0.2) is 47.5 Å². The van der Waals surface area contributed by atoms with Crippen molar-refractivity contribution in [2.24, 2.45) is 0 Å². The molecule has 1 atom stereocenters. The molecule has 0 spiro atoms. The molecule has 0 aromatic heterocycles. The van der Waals surface area contributed by atoms with E-state index in [-0.39, 0.29) is 30.6 Å². The molecule has 9 heteroatoms. The number of carbonyl (C=O) groups is 3. The fourth-order valence-corrected chi connectivity index (χ4v) is 4.67. The molecule has 4 N–H and O–H groups in total. The van der Waals surface area contributed by atoms with Gasteiger partial charge in [-0.1, -0.05) is 66.2 Å². The van der Waals surface area contributed by atoms with Gasteiger partial charge >= 0.3 is 12.0 Å². The molecule has 3 amide bonds. The van der Waals surface area contributed by atoms with Gasteiger partial charge < -0.3 is 26.0 Å². The summed E-state index contributed by atoms with van der Waals surface area (Å²) in [7, 11) is 0. The summed E-state index contributed by atoms with van der Waals surface area (Å²) in [5, 5.41) is 18.9. The number of urea groups is 1. The smallest absolute Gasteiger partial charge is 0.335 e. The number of nitrogens with one attached hydrogen (secondary N) is 3. The van der Waals surface area contributed by atoms with Crippen LogP contribution in [0.4, 0.5) is 10.5 Å². The standard InChI is InChI=1S/C29H29ClN4O4/c1-19-26(28(36)37)27(22-9-5-10-23(30)17-22)34(29(38)32-19)16-6-15-31-18-25(35)33-24-13-11-21(12-14-24)20-7-3-2-4-8-20/h2-5,7-14,17,27,31H,6,15-16,18H2,1H3,(H,32,38)(H,33,35)(H,36,37). The minimum absolute atomic E-state index is 0.0949. The zero-order valence-corrected chi connectivity index (χ0v) is 21.7. The maximum Gasteiger partial charge on any atom is 0.335 e. The second kappa shape index (κ2) is 12.4. The summed E-state index contributed by atoms with van der Waals surface area (Å²) in [4.78, 5) is 38.7. The molecule has 3 aromatic carbocycles. The summed E-state index contributed by atoms with van der Waals surface area (Å²) >= 11 is 6.15. The number of hydrogen-bond acceptors (Lipinski definition) is 4. The Bertz CT molecular complexity index is 1340. The Morgan fingerprint density at radius 1 is 1.00 bits per heavy atom. The van der Waals surface area contributed by atoms with Crippen molar-refractivity contribution in [2.75, 3.05) is 25.0 Å². The van der Waals surface area contributed by atoms with Crippen LogP contribution in [-0.2, 0) is 9.59 Å². The van der Waals surface area contributed by atoms with Crippen LogP contribution < -0.4 is 16.0 Å². The highest BCUT2D eigenvalue weighted by atomic mass is 35.5. The van der Waals surface area contributed by atoms with Gasteiger partial charge in [0.25, 0.3) is 0 Å². The molecule has 3 aromatic rings. The molecule has 0 radical (unpaired) electrons. The first-order valence-corrected chi connectivity index (χ1v) is 12.6. The lowest BCUT2D eigenvalue weighted by molar-refractivity contribution is -0.133. The molecule has 0 bridgehead atoms. The third-order valence-electron chi connectivity index (χ3n) is 6.25. The van der Waals surface area contributed by atoms with Crippen molar-refractivity contribution < 1.29 is 19.5 Å². The molecule has 0 saturated carbocycles. The SMILES string of the molecule is CC1=C(C(=O)O)C(c2cccc(Cl)c2)N(CCCNCC(=O)Nc2ccc(-c3ccccc3)cc2)C(=O)N1. The van der Waals surface area contributed by atoms with Crippen LogP contribution in [0.15, 0.2) is 90.1 Å². The van der Waals surface area contributed by atoms with E-state index < -0.39 is 12.0 Å². The molecule has 1 heterocycles. The molecule has 0 fully saturated rings. The largest absolute Gasteiger partial charge is 0.478 e. The number of halogens is 1. The number of anilines is 1. The van der Waals surface area contributed by atoms with Crippen molar-refractivity contribution >= 4 is 35.2 Å². The second-order valence-electron chi connectivity index (χ2n) is 8.95. The van der Waals surface area contributed by atoms with Crippen molar-refractivity contribution in [3.8, 4) is 11.1 Å². The van der Waals surface area contributed by atoms with E-state index in [1.54, 1.807) is 31.2 Å². The zero-order valence-electron chi connectivity index (χ0n) is 20.9. The number of amides is 3. The van der Waals surface area contributed by atoms with Crippen molar-refractivity contribution in [3.05, 3.63) is 101 Å². The van der Waals surface area contributed by atoms with E-state index in [0.29, 0.717) is 34.9 Å². The lowest BCUT2D eigenvalue weighted by Crippen LogP contribution is -2.49. The number of nitrogens with zero attached hydrogens (tertiary/aromatic N) is 1. The predicted octanol–water partition coefficient (Wildman–Crippen LogP) is 5.05. The van der Waals surface area contributed by atoms with Gasteiger partial charge in [-0.15, -0.1) is 0 Å². The second-order valence-corrected chi connectivity index (χ2v) is 9.38. The number of aliphatic carboxylic acids is 1. The van der Waals surface area contributed by atoms with Gasteiger partial charge in [0.2, 0.25) is 5.91 Å². The maximum atomic E-state index is 12.8. The summed E-state index contributed by atoms with van der Waals surface area (Å²) in [5.41, 5.74) is 3.89. The molecule has 1 aliphatic rings. The van der Waals surface area contributed by atoms with E-state index in [4.69, 9.17) is 11.6 Å². The molecule has 0 saturated heterocycles. The highest BCUT2D eigenvalue weighted by Crippen LogP contribution is 2.34. The van der Waals surface area contributed by atoms with Crippen molar-refractivity contribution in [1.29, 1.82) is 0 Å². The number of rotatable bonds is 10. The summed E-state index contributed by atoms with van der Waals surface area (Å²) < 4.78 is 0. The van der Waals surface area contributed by atoms with Crippen molar-refractivity contribution in [1.82, 2.24) is 15.5 Å². The first-order chi connectivity index (χ1) is 18.3. The van der Waals surface area contributed by atoms with Gasteiger partial charge in [0.05, 0.1) is 18.2 Å². The lowest BCUT2D eigenvalue weighted by Gasteiger charge is -2.37. The van der Waals surface area contributed by atoms with Crippen LogP contribution in [0.2, 0.25) is 5.02 Å². The van der Waals surface area contributed by atoms with Gasteiger partial charge in [-0.05, 0) is 60.8 Å². The quantitative estimate of drug-likeness (QED) is 0.273. The van der Waals surface area contributed by atoms with Crippen molar-refractivity contribution in [2.45, 2.75) is 19.4 Å². The van der Waals surface area contributed by atoms with Gasteiger partial charge in [-0.25, -0.2) is 9.59 Å². The Balaban J connectivity index is 1.30. The Morgan fingerprint density at radius 2 is 1.71 bits per heavy atom. The zero-order chi connectivity index (χ0) is 27.1. The Labute approximate surface area is 226 Å². The van der Waals surface area contributed by atoms with Crippen LogP contribution in [0.1, 0.15) is 24.9 Å². The summed E-state index contributed by atoms with van der Waals surface area (Å²) in [6.07, 6.45) is 0.509. The fraction of sp³-hybridized carbons (Fsp3) is 0.207. The van der Waals surface area contributed by atoms with Gasteiger partial charge in [0, 0.05) is 23.0 Å². The van der Waals surface area contributed by atoms with Crippen LogP contribution >= 0.6 is 11.6 Å². The number of hydrogen-bond donors (Lipinski definition) is 4. The molecule has 196 valence electrons. The van der Waals surface area contributed by atoms with Gasteiger partial charge in [0.1, 0.15) is 0 Å². The van der Waals surface area contributed by atoms with E-state index in [1.807, 2.05) is 54.6 Å². The van der Waals surface area contributed by atoms with Crippen LogP contribution in [0, 0.1) is 0 Å². The van der Waals surface area contributed by atoms with E-state index in [1.165, 1.54) is 4.90 Å². The minimum Gasteiger partial charge on any atom is -0.478 e. The van der Waals surface area contributed by atoms with E-state index in [0.717, 1.165) is 11.1 Å². The predicted molar refractivity (Wildman–Crippen MR) is 148 cm³/mol. The first kappa shape index (κ1) is 26.9. The number of carboxylic acid groups (broad SMARTS) is 1. The lowest BCUT2D eigenvalue weighted by atomic mass is 9.93. The average molecular weight is 533 g/mol. The fourth-order valence-electron chi connectivity index (χ4n) is 4.47. The Hall–Kier alpha value is -4.14. The van der Waals surface area contributed by atoms with E-state index in [2.05, 4.69) is 16.0 Å². The highest BCUT2D eigenvalue weighted by molar-refractivity contribution is 6.30. The van der Waals surface area contributed by atoms with Crippen LogP contribution in [0.5, 0.6) is 0 Å². The molecular weight excluding hydrogens is 504 g/mol. The highest BCUT2D eigenvalue weighted by Gasteiger charge is 2.37. The summed E-state index contributed by atoms with van der Waals surface area (Å²) in [5.74, 6) is -1.29. The molecule has 38 heavy (non-hydrogen) atoms. The Kier molecular flexibility index (Phi) is 8.78. The molecule has 1 aliphatic heterocycles. The normalized spacial score (nSPS) is 15.3. The first-order valence-electron chi connectivity index (χ1n) is 12.3. The molecular formula is C29H29ClN4O4. The molecule has 0 aliphatic carbocycles. The van der Waals surface area contributed by atoms with Crippen LogP contribution in [0.25, 0.3) is 11.1 Å². The number of benzene rings is 3.